The maximum absolute atomic E-state index is 13.2. The summed E-state index contributed by atoms with van der Waals surface area (Å²) in [6.45, 7) is 9.64. The number of hydrogen-bond acceptors (Lipinski definition) is 8. The van der Waals surface area contributed by atoms with Crippen LogP contribution in [0.25, 0.3) is 10.9 Å². The van der Waals surface area contributed by atoms with Gasteiger partial charge in [0.25, 0.3) is 11.5 Å². The van der Waals surface area contributed by atoms with Crippen LogP contribution in [-0.2, 0) is 17.1 Å². The van der Waals surface area contributed by atoms with Gasteiger partial charge in [-0.15, -0.1) is 0 Å². The molecule has 3 aromatic rings. The number of benzene rings is 1. The van der Waals surface area contributed by atoms with Crippen molar-refractivity contribution in [1.29, 1.82) is 0 Å². The summed E-state index contributed by atoms with van der Waals surface area (Å²) in [7, 11) is -2.14. The summed E-state index contributed by atoms with van der Waals surface area (Å²) in [5.74, 6) is -0.490. The van der Waals surface area contributed by atoms with Crippen LogP contribution in [0.15, 0.2) is 29.1 Å². The van der Waals surface area contributed by atoms with E-state index in [-0.39, 0.29) is 27.6 Å². The van der Waals surface area contributed by atoms with E-state index in [4.69, 9.17) is 16.6 Å². The molecule has 1 aromatic carbocycles. The van der Waals surface area contributed by atoms with Crippen molar-refractivity contribution in [3.05, 3.63) is 56.6 Å². The van der Waals surface area contributed by atoms with Gasteiger partial charge in [0.2, 0.25) is 16.0 Å². The highest BCUT2D eigenvalue weighted by molar-refractivity contribution is 7.89. The van der Waals surface area contributed by atoms with Gasteiger partial charge >= 0.3 is 0 Å². The second-order valence-electron chi connectivity index (χ2n) is 9.52. The first kappa shape index (κ1) is 26.4. The third kappa shape index (κ3) is 6.29. The van der Waals surface area contributed by atoms with Crippen molar-refractivity contribution >= 4 is 50.1 Å². The molecule has 0 unspecified atom stereocenters. The number of anilines is 2. The van der Waals surface area contributed by atoms with Crippen LogP contribution in [0.2, 0.25) is 5.15 Å². The molecule has 1 amide bonds. The van der Waals surface area contributed by atoms with Gasteiger partial charge in [0.15, 0.2) is 5.69 Å². The number of nitrogens with zero attached hydrogens (tertiary/aromatic N) is 3. The number of sulfonamides is 1. The van der Waals surface area contributed by atoms with E-state index in [1.807, 2.05) is 45.4 Å². The third-order valence-electron chi connectivity index (χ3n) is 5.03. The van der Waals surface area contributed by atoms with Crippen molar-refractivity contribution in [3.63, 3.8) is 0 Å². The Morgan fingerprint density at radius 1 is 1.17 bits per heavy atom. The average molecular weight is 521 g/mol. The van der Waals surface area contributed by atoms with Gasteiger partial charge in [-0.05, 0) is 58.4 Å². The number of fused-ring (bicyclic) bond motifs is 1. The monoisotopic (exact) mass is 520 g/mol. The number of carbonyl (C=O) groups excluding carboxylic acids is 1. The first-order valence-corrected chi connectivity index (χ1v) is 13.1. The van der Waals surface area contributed by atoms with Crippen LogP contribution in [-0.4, -0.2) is 40.7 Å². The smallest absolute Gasteiger partial charge is 0.285 e. The summed E-state index contributed by atoms with van der Waals surface area (Å²) in [4.78, 5) is 34.5. The van der Waals surface area contributed by atoms with Gasteiger partial charge < -0.3 is 10.6 Å². The molecule has 2 aromatic heterocycles. The second kappa shape index (κ2) is 9.46. The van der Waals surface area contributed by atoms with Crippen LogP contribution in [0.4, 0.5) is 11.6 Å². The summed E-state index contributed by atoms with van der Waals surface area (Å²) in [5, 5.41) is 6.95. The van der Waals surface area contributed by atoms with E-state index < -0.39 is 22.0 Å². The molecule has 0 aliphatic carbocycles. The summed E-state index contributed by atoms with van der Waals surface area (Å²) in [6, 6.07) is 6.29. The van der Waals surface area contributed by atoms with Crippen LogP contribution in [0, 0.1) is 6.92 Å². The van der Waals surface area contributed by atoms with Crippen LogP contribution >= 0.6 is 11.6 Å². The average Bonchev–Trinajstić information content (AvgIpc) is 2.71. The lowest BCUT2D eigenvalue weighted by molar-refractivity contribution is 0.0977. The van der Waals surface area contributed by atoms with Crippen molar-refractivity contribution < 1.29 is 13.2 Å². The second-order valence-corrected chi connectivity index (χ2v) is 11.7. The number of halogens is 1. The number of hydrogen-bond donors (Lipinski definition) is 3. The van der Waals surface area contributed by atoms with E-state index in [9.17, 15) is 18.0 Å². The van der Waals surface area contributed by atoms with E-state index >= 15 is 0 Å². The van der Waals surface area contributed by atoms with Gasteiger partial charge in [-0.25, -0.2) is 23.1 Å². The van der Waals surface area contributed by atoms with Gasteiger partial charge in [0.05, 0.1) is 28.9 Å². The molecule has 0 saturated heterocycles. The Morgan fingerprint density at radius 3 is 2.43 bits per heavy atom. The van der Waals surface area contributed by atoms with Gasteiger partial charge in [-0.3, -0.25) is 14.2 Å². The summed E-state index contributed by atoms with van der Waals surface area (Å²) in [5.41, 5.74) is 1.67. The predicted octanol–water partition coefficient (Wildman–Crippen LogP) is 3.36. The minimum Gasteiger partial charge on any atom is -0.377 e. The maximum Gasteiger partial charge on any atom is 0.285 e. The van der Waals surface area contributed by atoms with Crippen LogP contribution in [0.1, 0.15) is 55.4 Å². The standard InChI is InChI=1S/C23H29ClN6O4S/c1-12-10-14(18-15(11-12)21(32)30(6)22(27-18)28-23(3,4)5)13(2)25-16-8-9-17(24)26-19(16)20(31)29-35(7,33)34/h8-11,13,25H,1-7H3,(H,27,28)(H,29,31)/t13-/m1/s1. The molecule has 0 fully saturated rings. The number of amides is 1. The number of pyridine rings is 1. The van der Waals surface area contributed by atoms with E-state index in [1.165, 1.54) is 10.6 Å². The molecule has 0 bridgehead atoms. The van der Waals surface area contributed by atoms with Crippen LogP contribution in [0.5, 0.6) is 0 Å². The van der Waals surface area contributed by atoms with Crippen LogP contribution < -0.4 is 20.9 Å². The molecule has 0 aliphatic rings. The zero-order valence-corrected chi connectivity index (χ0v) is 22.2. The van der Waals surface area contributed by atoms with Gasteiger partial charge in [-0.1, -0.05) is 17.7 Å². The van der Waals surface area contributed by atoms with Crippen molar-refractivity contribution in [2.24, 2.45) is 7.05 Å². The lowest BCUT2D eigenvalue weighted by Crippen LogP contribution is -2.32. The lowest BCUT2D eigenvalue weighted by atomic mass is 10.0. The molecule has 0 spiro atoms. The summed E-state index contributed by atoms with van der Waals surface area (Å²) in [6.07, 6.45) is 0.874. The Labute approximate surface area is 209 Å². The van der Waals surface area contributed by atoms with E-state index in [0.29, 0.717) is 16.9 Å². The highest BCUT2D eigenvalue weighted by atomic mass is 35.5. The molecule has 12 heteroatoms. The van der Waals surface area contributed by atoms with E-state index in [2.05, 4.69) is 15.6 Å². The van der Waals surface area contributed by atoms with Crippen molar-refractivity contribution in [2.45, 2.75) is 46.2 Å². The molecule has 0 aliphatic heterocycles. The Balaban J connectivity index is 2.12. The largest absolute Gasteiger partial charge is 0.377 e. The van der Waals surface area contributed by atoms with Gasteiger partial charge in [0, 0.05) is 18.2 Å². The first-order valence-electron chi connectivity index (χ1n) is 10.8. The molecule has 1 atom stereocenters. The SMILES string of the molecule is Cc1cc([C@@H](C)Nc2ccc(Cl)nc2C(=O)NS(C)(=O)=O)c2nc(NC(C)(C)C)n(C)c(=O)c2c1. The molecule has 3 N–H and O–H groups in total. The van der Waals surface area contributed by atoms with E-state index in [1.54, 1.807) is 19.2 Å². The Morgan fingerprint density at radius 2 is 1.83 bits per heavy atom. The fraction of sp³-hybridized carbons (Fsp3) is 0.391. The number of nitrogens with one attached hydrogen (secondary N) is 3. The Hall–Kier alpha value is -3.18. The zero-order chi connectivity index (χ0) is 26.3. The minimum atomic E-state index is -3.81. The molecule has 10 nitrogen and oxygen atoms in total. The normalized spacial score (nSPS) is 12.9. The highest BCUT2D eigenvalue weighted by Gasteiger charge is 2.22. The summed E-state index contributed by atoms with van der Waals surface area (Å²) < 4.78 is 26.5. The maximum atomic E-state index is 13.2. The number of carbonyl (C=O) groups is 1. The third-order valence-corrected chi connectivity index (χ3v) is 5.80. The first-order chi connectivity index (χ1) is 16.1. The molecule has 2 heterocycles. The highest BCUT2D eigenvalue weighted by Crippen LogP contribution is 2.29. The fourth-order valence-corrected chi connectivity index (χ4v) is 4.16. The van der Waals surface area contributed by atoms with Crippen molar-refractivity contribution in [1.82, 2.24) is 19.3 Å². The number of rotatable bonds is 6. The molecule has 0 radical (unpaired) electrons. The van der Waals surface area contributed by atoms with E-state index in [0.717, 1.165) is 17.4 Å². The Kier molecular flexibility index (Phi) is 7.14. The van der Waals surface area contributed by atoms with Gasteiger partial charge in [-0.2, -0.15) is 0 Å². The summed E-state index contributed by atoms with van der Waals surface area (Å²) >= 11 is 5.96. The fourth-order valence-electron chi connectivity index (χ4n) is 3.58. The predicted molar refractivity (Wildman–Crippen MR) is 139 cm³/mol. The molecular weight excluding hydrogens is 492 g/mol. The quantitative estimate of drug-likeness (QED) is 0.421. The lowest BCUT2D eigenvalue weighted by Gasteiger charge is -2.24. The molecule has 35 heavy (non-hydrogen) atoms. The van der Waals surface area contributed by atoms with Crippen LogP contribution in [0.3, 0.4) is 0 Å². The number of aromatic nitrogens is 3. The molecule has 188 valence electrons. The molecular formula is C23H29ClN6O4S. The van der Waals surface area contributed by atoms with Gasteiger partial charge in [0.1, 0.15) is 5.15 Å². The molecule has 0 saturated carbocycles. The van der Waals surface area contributed by atoms with Crippen molar-refractivity contribution in [3.8, 4) is 0 Å². The topological polar surface area (TPSA) is 135 Å². The number of aryl methyl sites for hydroxylation is 1. The zero-order valence-electron chi connectivity index (χ0n) is 20.6. The minimum absolute atomic E-state index is 0.0333. The van der Waals surface area contributed by atoms with Crippen molar-refractivity contribution in [2.75, 3.05) is 16.9 Å². The molecule has 3 rings (SSSR count). The Bertz CT molecular complexity index is 1480.